The van der Waals surface area contributed by atoms with E-state index in [1.54, 1.807) is 0 Å². The molecule has 0 spiro atoms. The fourth-order valence-corrected chi connectivity index (χ4v) is 4.17. The Morgan fingerprint density at radius 3 is 2.83 bits per heavy atom. The number of rotatable bonds is 5. The largest absolute Gasteiger partial charge is 0.352 e. The van der Waals surface area contributed by atoms with E-state index in [4.69, 9.17) is 5.73 Å². The summed E-state index contributed by atoms with van der Waals surface area (Å²) in [6.07, 6.45) is 4.30. The van der Waals surface area contributed by atoms with E-state index in [2.05, 4.69) is 47.5 Å². The van der Waals surface area contributed by atoms with Crippen LogP contribution in [0.1, 0.15) is 44.2 Å². The molecule has 1 amide bonds. The second-order valence-corrected chi connectivity index (χ2v) is 7.11. The Morgan fingerprint density at radius 2 is 2.09 bits per heavy atom. The Hall–Kier alpha value is -1.39. The van der Waals surface area contributed by atoms with Crippen molar-refractivity contribution < 1.29 is 4.79 Å². The summed E-state index contributed by atoms with van der Waals surface area (Å²) in [5.74, 6) is 0.758. The van der Waals surface area contributed by atoms with Gasteiger partial charge >= 0.3 is 0 Å². The Morgan fingerprint density at radius 1 is 1.30 bits per heavy atom. The van der Waals surface area contributed by atoms with E-state index in [9.17, 15) is 4.79 Å². The van der Waals surface area contributed by atoms with Gasteiger partial charge in [0.25, 0.3) is 0 Å². The van der Waals surface area contributed by atoms with Crippen LogP contribution in [0.2, 0.25) is 0 Å². The van der Waals surface area contributed by atoms with Crippen molar-refractivity contribution in [1.82, 2.24) is 10.2 Å². The minimum Gasteiger partial charge on any atom is -0.352 e. The SMILES string of the molecule is CC(c1ccccc1)N1CCC(NC(=O)[C@@H]2CCC[C@@H]2CN)C1. The van der Waals surface area contributed by atoms with Crippen molar-refractivity contribution in [2.24, 2.45) is 17.6 Å². The van der Waals surface area contributed by atoms with Gasteiger partial charge in [-0.3, -0.25) is 9.69 Å². The van der Waals surface area contributed by atoms with Gasteiger partial charge < -0.3 is 11.1 Å². The van der Waals surface area contributed by atoms with E-state index in [-0.39, 0.29) is 17.9 Å². The number of nitrogens with two attached hydrogens (primary N) is 1. The number of benzene rings is 1. The standard InChI is InChI=1S/C19H29N3O/c1-14(15-6-3-2-4-7-15)22-11-10-17(13-22)21-19(23)18-9-5-8-16(18)12-20/h2-4,6-7,14,16-18H,5,8-13,20H2,1H3,(H,21,23)/t14?,16-,17?,18-/m1/s1. The van der Waals surface area contributed by atoms with Crippen molar-refractivity contribution in [3.63, 3.8) is 0 Å². The molecule has 4 nitrogen and oxygen atoms in total. The van der Waals surface area contributed by atoms with Crippen LogP contribution in [0, 0.1) is 11.8 Å². The monoisotopic (exact) mass is 315 g/mol. The molecule has 23 heavy (non-hydrogen) atoms. The van der Waals surface area contributed by atoms with E-state index in [0.29, 0.717) is 18.5 Å². The molecule has 3 rings (SSSR count). The summed E-state index contributed by atoms with van der Waals surface area (Å²) in [4.78, 5) is 15.0. The molecule has 3 N–H and O–H groups in total. The van der Waals surface area contributed by atoms with Gasteiger partial charge in [-0.1, -0.05) is 36.8 Å². The lowest BCUT2D eigenvalue weighted by atomic mass is 9.95. The predicted molar refractivity (Wildman–Crippen MR) is 92.9 cm³/mol. The molecule has 1 saturated heterocycles. The number of carbonyl (C=O) groups is 1. The predicted octanol–water partition coefficient (Wildman–Crippen LogP) is 2.31. The lowest BCUT2D eigenvalue weighted by Crippen LogP contribution is -2.42. The Kier molecular flexibility index (Phi) is 5.34. The molecular formula is C19H29N3O. The van der Waals surface area contributed by atoms with Gasteiger partial charge in [-0.2, -0.15) is 0 Å². The van der Waals surface area contributed by atoms with Crippen molar-refractivity contribution in [2.45, 2.75) is 44.7 Å². The van der Waals surface area contributed by atoms with Crippen LogP contribution in [-0.2, 0) is 4.79 Å². The van der Waals surface area contributed by atoms with Crippen molar-refractivity contribution in [2.75, 3.05) is 19.6 Å². The molecular weight excluding hydrogens is 286 g/mol. The first-order chi connectivity index (χ1) is 11.2. The maximum absolute atomic E-state index is 12.5. The zero-order valence-electron chi connectivity index (χ0n) is 14.1. The topological polar surface area (TPSA) is 58.4 Å². The highest BCUT2D eigenvalue weighted by atomic mass is 16.2. The molecule has 126 valence electrons. The molecule has 1 aliphatic heterocycles. The molecule has 4 atom stereocenters. The van der Waals surface area contributed by atoms with E-state index in [0.717, 1.165) is 38.8 Å². The zero-order chi connectivity index (χ0) is 16.2. The lowest BCUT2D eigenvalue weighted by molar-refractivity contribution is -0.126. The van der Waals surface area contributed by atoms with Gasteiger partial charge in [0.1, 0.15) is 0 Å². The van der Waals surface area contributed by atoms with Gasteiger partial charge in [0.05, 0.1) is 0 Å². The minimum absolute atomic E-state index is 0.139. The van der Waals surface area contributed by atoms with E-state index >= 15 is 0 Å². The Labute approximate surface area is 139 Å². The highest BCUT2D eigenvalue weighted by molar-refractivity contribution is 5.79. The average molecular weight is 315 g/mol. The first kappa shape index (κ1) is 16.5. The summed E-state index contributed by atoms with van der Waals surface area (Å²) in [7, 11) is 0. The molecule has 2 fully saturated rings. The molecule has 1 aliphatic carbocycles. The Balaban J connectivity index is 1.53. The van der Waals surface area contributed by atoms with E-state index in [1.165, 1.54) is 5.56 Å². The molecule has 1 aromatic carbocycles. The number of nitrogens with zero attached hydrogens (tertiary/aromatic N) is 1. The summed E-state index contributed by atoms with van der Waals surface area (Å²) >= 11 is 0. The van der Waals surface area contributed by atoms with Gasteiger partial charge in [0, 0.05) is 31.1 Å². The van der Waals surface area contributed by atoms with Crippen LogP contribution in [-0.4, -0.2) is 36.5 Å². The second kappa shape index (κ2) is 7.45. The van der Waals surface area contributed by atoms with E-state index < -0.39 is 0 Å². The van der Waals surface area contributed by atoms with Crippen molar-refractivity contribution in [3.05, 3.63) is 35.9 Å². The molecule has 0 aromatic heterocycles. The smallest absolute Gasteiger partial charge is 0.223 e. The zero-order valence-corrected chi connectivity index (χ0v) is 14.1. The van der Waals surface area contributed by atoms with Gasteiger partial charge in [0.2, 0.25) is 5.91 Å². The van der Waals surface area contributed by atoms with Gasteiger partial charge in [-0.05, 0) is 44.2 Å². The highest BCUT2D eigenvalue weighted by Gasteiger charge is 2.34. The third-order valence-corrected chi connectivity index (χ3v) is 5.69. The molecule has 1 heterocycles. The van der Waals surface area contributed by atoms with Crippen LogP contribution in [0.5, 0.6) is 0 Å². The number of hydrogen-bond donors (Lipinski definition) is 2. The molecule has 2 aliphatic rings. The normalized spacial score (nSPS) is 29.6. The summed E-state index contributed by atoms with van der Waals surface area (Å²) in [6.45, 7) is 4.88. The summed E-state index contributed by atoms with van der Waals surface area (Å²) in [5, 5.41) is 3.29. The Bertz CT molecular complexity index is 519. The van der Waals surface area contributed by atoms with Crippen molar-refractivity contribution in [3.8, 4) is 0 Å². The molecule has 2 unspecified atom stereocenters. The fourth-order valence-electron chi connectivity index (χ4n) is 4.17. The van der Waals surface area contributed by atoms with Crippen LogP contribution in [0.25, 0.3) is 0 Å². The number of likely N-dealkylation sites (tertiary alicyclic amines) is 1. The summed E-state index contributed by atoms with van der Waals surface area (Å²) < 4.78 is 0. The van der Waals surface area contributed by atoms with Gasteiger partial charge in [0.15, 0.2) is 0 Å². The summed E-state index contributed by atoms with van der Waals surface area (Å²) in [6, 6.07) is 11.3. The third-order valence-electron chi connectivity index (χ3n) is 5.69. The minimum atomic E-state index is 0.139. The maximum Gasteiger partial charge on any atom is 0.223 e. The molecule has 1 saturated carbocycles. The average Bonchev–Trinajstić information content (AvgIpc) is 3.23. The first-order valence-corrected chi connectivity index (χ1v) is 8.98. The summed E-state index contributed by atoms with van der Waals surface area (Å²) in [5.41, 5.74) is 7.15. The first-order valence-electron chi connectivity index (χ1n) is 8.98. The fraction of sp³-hybridized carbons (Fsp3) is 0.632. The van der Waals surface area contributed by atoms with Crippen molar-refractivity contribution >= 4 is 5.91 Å². The van der Waals surface area contributed by atoms with Gasteiger partial charge in [-0.25, -0.2) is 0 Å². The number of amides is 1. The molecule has 1 aromatic rings. The van der Waals surface area contributed by atoms with Crippen LogP contribution >= 0.6 is 0 Å². The number of nitrogens with one attached hydrogen (secondary N) is 1. The van der Waals surface area contributed by atoms with Crippen LogP contribution in [0.15, 0.2) is 30.3 Å². The molecule has 4 heteroatoms. The van der Waals surface area contributed by atoms with E-state index in [1.807, 2.05) is 0 Å². The quantitative estimate of drug-likeness (QED) is 0.876. The van der Waals surface area contributed by atoms with Gasteiger partial charge in [-0.15, -0.1) is 0 Å². The second-order valence-electron chi connectivity index (χ2n) is 7.11. The van der Waals surface area contributed by atoms with Crippen molar-refractivity contribution in [1.29, 1.82) is 0 Å². The van der Waals surface area contributed by atoms with Crippen LogP contribution < -0.4 is 11.1 Å². The number of hydrogen-bond acceptors (Lipinski definition) is 3. The third kappa shape index (κ3) is 3.75. The maximum atomic E-state index is 12.5. The highest BCUT2D eigenvalue weighted by Crippen LogP contribution is 2.31. The van der Waals surface area contributed by atoms with Crippen LogP contribution in [0.3, 0.4) is 0 Å². The number of carbonyl (C=O) groups excluding carboxylic acids is 1. The lowest BCUT2D eigenvalue weighted by Gasteiger charge is -2.25. The molecule has 0 radical (unpaired) electrons. The van der Waals surface area contributed by atoms with Crippen LogP contribution in [0.4, 0.5) is 0 Å². The molecule has 0 bridgehead atoms.